The van der Waals surface area contributed by atoms with Crippen molar-refractivity contribution < 1.29 is 13.2 Å². The standard InChI is InChI=1S/C13H24ClNO3S/c1-11-4-2-6-13(8-11,10-14)15-19(16,17)9-12-5-3-7-18-12/h11-12,15H,2-10H2,1H3. The van der Waals surface area contributed by atoms with E-state index in [0.717, 1.165) is 38.5 Å². The van der Waals surface area contributed by atoms with Gasteiger partial charge in [0.25, 0.3) is 0 Å². The van der Waals surface area contributed by atoms with Crippen LogP contribution in [0.2, 0.25) is 0 Å². The second-order valence-electron chi connectivity index (χ2n) is 6.13. The summed E-state index contributed by atoms with van der Waals surface area (Å²) >= 11 is 6.07. The van der Waals surface area contributed by atoms with Crippen LogP contribution in [0.25, 0.3) is 0 Å². The predicted octanol–water partition coefficient (Wildman–Crippen LogP) is 2.27. The van der Waals surface area contributed by atoms with E-state index in [1.54, 1.807) is 0 Å². The maximum atomic E-state index is 12.3. The quantitative estimate of drug-likeness (QED) is 0.793. The molecule has 4 nitrogen and oxygen atoms in total. The molecule has 0 radical (unpaired) electrons. The molecule has 1 heterocycles. The second kappa shape index (κ2) is 6.29. The van der Waals surface area contributed by atoms with Gasteiger partial charge in [-0.25, -0.2) is 13.1 Å². The Morgan fingerprint density at radius 3 is 2.74 bits per heavy atom. The molecule has 2 rings (SSSR count). The zero-order valence-electron chi connectivity index (χ0n) is 11.5. The van der Waals surface area contributed by atoms with Gasteiger partial charge in [0, 0.05) is 18.0 Å². The van der Waals surface area contributed by atoms with Crippen LogP contribution in [0, 0.1) is 5.92 Å². The number of sulfonamides is 1. The lowest BCUT2D eigenvalue weighted by Gasteiger charge is -2.39. The molecule has 1 aliphatic carbocycles. The fourth-order valence-corrected chi connectivity index (χ4v) is 5.44. The van der Waals surface area contributed by atoms with Crippen LogP contribution in [-0.4, -0.2) is 38.3 Å². The molecule has 3 atom stereocenters. The Hall–Kier alpha value is 0.160. The van der Waals surface area contributed by atoms with Crippen molar-refractivity contribution >= 4 is 21.6 Å². The minimum atomic E-state index is -3.32. The Morgan fingerprint density at radius 1 is 1.37 bits per heavy atom. The van der Waals surface area contributed by atoms with Crippen LogP contribution in [0.15, 0.2) is 0 Å². The van der Waals surface area contributed by atoms with Crippen molar-refractivity contribution in [2.45, 2.75) is 57.1 Å². The zero-order valence-corrected chi connectivity index (χ0v) is 13.1. The Kier molecular flexibility index (Phi) is 5.15. The number of halogens is 1. The molecule has 1 saturated carbocycles. The number of hydrogen-bond donors (Lipinski definition) is 1. The van der Waals surface area contributed by atoms with Crippen LogP contribution in [0.1, 0.15) is 45.4 Å². The number of alkyl halides is 1. The van der Waals surface area contributed by atoms with Gasteiger partial charge in [-0.05, 0) is 31.6 Å². The third-order valence-corrected chi connectivity index (χ3v) is 6.21. The van der Waals surface area contributed by atoms with Crippen LogP contribution in [0.3, 0.4) is 0 Å². The van der Waals surface area contributed by atoms with Gasteiger partial charge in [-0.3, -0.25) is 0 Å². The molecule has 0 aromatic heterocycles. The third-order valence-electron chi connectivity index (χ3n) is 4.15. The molecule has 1 N–H and O–H groups in total. The summed E-state index contributed by atoms with van der Waals surface area (Å²) in [6, 6.07) is 0. The molecule has 0 aromatic carbocycles. The predicted molar refractivity (Wildman–Crippen MR) is 77.0 cm³/mol. The van der Waals surface area contributed by atoms with Gasteiger partial charge in [-0.1, -0.05) is 19.8 Å². The minimum absolute atomic E-state index is 0.0695. The molecule has 0 spiro atoms. The average molecular weight is 310 g/mol. The van der Waals surface area contributed by atoms with Crippen molar-refractivity contribution in [3.63, 3.8) is 0 Å². The molecule has 1 aliphatic heterocycles. The van der Waals surface area contributed by atoms with E-state index >= 15 is 0 Å². The molecular formula is C13H24ClNO3S. The van der Waals surface area contributed by atoms with E-state index in [0.29, 0.717) is 18.4 Å². The highest BCUT2D eigenvalue weighted by Gasteiger charge is 2.38. The Balaban J connectivity index is 1.99. The van der Waals surface area contributed by atoms with E-state index < -0.39 is 15.6 Å². The number of ether oxygens (including phenoxy) is 1. The van der Waals surface area contributed by atoms with E-state index in [9.17, 15) is 8.42 Å². The van der Waals surface area contributed by atoms with E-state index in [-0.39, 0.29) is 11.9 Å². The second-order valence-corrected chi connectivity index (χ2v) is 8.17. The molecule has 19 heavy (non-hydrogen) atoms. The normalized spacial score (nSPS) is 36.5. The van der Waals surface area contributed by atoms with Crippen molar-refractivity contribution in [3.8, 4) is 0 Å². The van der Waals surface area contributed by atoms with E-state index in [1.807, 2.05) is 0 Å². The van der Waals surface area contributed by atoms with Crippen molar-refractivity contribution in [2.75, 3.05) is 18.2 Å². The SMILES string of the molecule is CC1CCCC(CCl)(NS(=O)(=O)CC2CCCO2)C1. The van der Waals surface area contributed by atoms with Crippen LogP contribution >= 0.6 is 11.6 Å². The average Bonchev–Trinajstić information content (AvgIpc) is 2.80. The summed E-state index contributed by atoms with van der Waals surface area (Å²) in [7, 11) is -3.32. The third kappa shape index (κ3) is 4.31. The molecule has 0 bridgehead atoms. The highest BCUT2D eigenvalue weighted by molar-refractivity contribution is 7.89. The summed E-state index contributed by atoms with van der Waals surface area (Å²) in [5.74, 6) is 0.945. The largest absolute Gasteiger partial charge is 0.377 e. The highest BCUT2D eigenvalue weighted by atomic mass is 35.5. The monoisotopic (exact) mass is 309 g/mol. The molecular weight excluding hydrogens is 286 g/mol. The van der Waals surface area contributed by atoms with Gasteiger partial charge >= 0.3 is 0 Å². The lowest BCUT2D eigenvalue weighted by Crippen LogP contribution is -2.53. The summed E-state index contributed by atoms with van der Waals surface area (Å²) in [4.78, 5) is 0. The molecule has 0 aromatic rings. The van der Waals surface area contributed by atoms with Crippen LogP contribution in [0.4, 0.5) is 0 Å². The van der Waals surface area contributed by atoms with Crippen molar-refractivity contribution in [1.29, 1.82) is 0 Å². The smallest absolute Gasteiger partial charge is 0.214 e. The molecule has 6 heteroatoms. The van der Waals surface area contributed by atoms with Crippen molar-refractivity contribution in [3.05, 3.63) is 0 Å². The molecule has 2 fully saturated rings. The van der Waals surface area contributed by atoms with Gasteiger partial charge in [0.15, 0.2) is 0 Å². The maximum absolute atomic E-state index is 12.3. The van der Waals surface area contributed by atoms with Crippen LogP contribution in [-0.2, 0) is 14.8 Å². The maximum Gasteiger partial charge on any atom is 0.214 e. The van der Waals surface area contributed by atoms with Gasteiger partial charge in [-0.15, -0.1) is 11.6 Å². The van der Waals surface area contributed by atoms with Gasteiger partial charge in [0.05, 0.1) is 11.9 Å². The summed E-state index contributed by atoms with van der Waals surface area (Å²) in [6.07, 6.45) is 5.52. The topological polar surface area (TPSA) is 55.4 Å². The fraction of sp³-hybridized carbons (Fsp3) is 1.00. The van der Waals surface area contributed by atoms with E-state index in [4.69, 9.17) is 16.3 Å². The molecule has 1 saturated heterocycles. The first-order valence-corrected chi connectivity index (χ1v) is 9.33. The Bertz CT molecular complexity index is 395. The lowest BCUT2D eigenvalue weighted by atomic mass is 9.78. The molecule has 0 amide bonds. The van der Waals surface area contributed by atoms with Gasteiger partial charge in [-0.2, -0.15) is 0 Å². The highest BCUT2D eigenvalue weighted by Crippen LogP contribution is 2.34. The van der Waals surface area contributed by atoms with E-state index in [2.05, 4.69) is 11.6 Å². The van der Waals surface area contributed by atoms with Crippen molar-refractivity contribution in [1.82, 2.24) is 4.72 Å². The van der Waals surface area contributed by atoms with Crippen molar-refractivity contribution in [2.24, 2.45) is 5.92 Å². The minimum Gasteiger partial charge on any atom is -0.377 e. The number of nitrogens with one attached hydrogen (secondary N) is 1. The number of rotatable bonds is 5. The van der Waals surface area contributed by atoms with Gasteiger partial charge in [0.1, 0.15) is 0 Å². The summed E-state index contributed by atoms with van der Waals surface area (Å²) < 4.78 is 32.8. The fourth-order valence-electron chi connectivity index (χ4n) is 3.29. The summed E-state index contributed by atoms with van der Waals surface area (Å²) in [5.41, 5.74) is -0.448. The summed E-state index contributed by atoms with van der Waals surface area (Å²) in [5, 5.41) is 0. The first kappa shape index (κ1) is 15.5. The molecule has 112 valence electrons. The van der Waals surface area contributed by atoms with Crippen LogP contribution < -0.4 is 4.72 Å². The van der Waals surface area contributed by atoms with Crippen LogP contribution in [0.5, 0.6) is 0 Å². The molecule has 3 unspecified atom stereocenters. The number of hydrogen-bond acceptors (Lipinski definition) is 3. The lowest BCUT2D eigenvalue weighted by molar-refractivity contribution is 0.127. The van der Waals surface area contributed by atoms with Gasteiger partial charge in [0.2, 0.25) is 10.0 Å². The first-order valence-electron chi connectivity index (χ1n) is 7.14. The Morgan fingerprint density at radius 2 is 2.16 bits per heavy atom. The van der Waals surface area contributed by atoms with E-state index in [1.165, 1.54) is 0 Å². The Labute approximate surface area is 121 Å². The zero-order chi connectivity index (χ0) is 13.9. The van der Waals surface area contributed by atoms with Gasteiger partial charge < -0.3 is 4.74 Å². The molecule has 2 aliphatic rings. The summed E-state index contributed by atoms with van der Waals surface area (Å²) in [6.45, 7) is 2.84. The first-order chi connectivity index (χ1) is 8.95.